The first-order chi connectivity index (χ1) is 4.00. The predicted octanol–water partition coefficient (Wildman–Crippen LogP) is 1.46. The summed E-state index contributed by atoms with van der Waals surface area (Å²) < 4.78 is 0. The zero-order valence-electron chi connectivity index (χ0n) is 5.87. The Kier molecular flexibility index (Phi) is 2.49. The third-order valence-electron chi connectivity index (χ3n) is 1.32. The number of azide groups is 1. The summed E-state index contributed by atoms with van der Waals surface area (Å²) in [7, 11) is 0. The lowest BCUT2D eigenvalue weighted by atomic mass is 10.0. The maximum Gasteiger partial charge on any atom is 0.0687 e. The Hall–Kier alpha value is -0.730. The Morgan fingerprint density at radius 1 is 1.67 bits per heavy atom. The van der Waals surface area contributed by atoms with Gasteiger partial charge < -0.3 is 5.11 Å². The highest BCUT2D eigenvalue weighted by Gasteiger charge is 2.21. The summed E-state index contributed by atoms with van der Waals surface area (Å²) in [6, 6.07) is 0. The Labute approximate surface area is 54.1 Å². The van der Waals surface area contributed by atoms with E-state index in [1.165, 1.54) is 0 Å². The Bertz CT molecular complexity index is 135. The second-order valence-corrected chi connectivity index (χ2v) is 2.52. The molecule has 4 heteroatoms. The van der Waals surface area contributed by atoms with Gasteiger partial charge in [-0.25, -0.2) is 0 Å². The molecule has 1 atom stereocenters. The number of aliphatic hydroxyl groups excluding tert-OH is 1. The van der Waals surface area contributed by atoms with E-state index in [1.54, 1.807) is 20.8 Å². The topological polar surface area (TPSA) is 69.0 Å². The average molecular weight is 129 g/mol. The van der Waals surface area contributed by atoms with Crippen LogP contribution in [0.25, 0.3) is 10.4 Å². The van der Waals surface area contributed by atoms with Crippen molar-refractivity contribution >= 4 is 0 Å². The largest absolute Gasteiger partial charge is 0.393 e. The van der Waals surface area contributed by atoms with E-state index in [0.717, 1.165) is 0 Å². The Balaban J connectivity index is 4.18. The van der Waals surface area contributed by atoms with E-state index < -0.39 is 11.6 Å². The first-order valence-corrected chi connectivity index (χ1v) is 2.75. The summed E-state index contributed by atoms with van der Waals surface area (Å²) in [5, 5.41) is 12.3. The van der Waals surface area contributed by atoms with E-state index in [9.17, 15) is 0 Å². The lowest BCUT2D eigenvalue weighted by Gasteiger charge is -2.20. The van der Waals surface area contributed by atoms with Crippen molar-refractivity contribution in [1.82, 2.24) is 0 Å². The van der Waals surface area contributed by atoms with Crippen LogP contribution in [0.2, 0.25) is 0 Å². The van der Waals surface area contributed by atoms with Crippen molar-refractivity contribution in [2.75, 3.05) is 0 Å². The summed E-state index contributed by atoms with van der Waals surface area (Å²) in [4.78, 5) is 2.59. The monoisotopic (exact) mass is 129 g/mol. The lowest BCUT2D eigenvalue weighted by molar-refractivity contribution is 0.122. The smallest absolute Gasteiger partial charge is 0.0687 e. The van der Waals surface area contributed by atoms with Gasteiger partial charge in [0, 0.05) is 4.91 Å². The van der Waals surface area contributed by atoms with Gasteiger partial charge in [0.15, 0.2) is 0 Å². The van der Waals surface area contributed by atoms with E-state index in [4.69, 9.17) is 10.6 Å². The third-order valence-corrected chi connectivity index (χ3v) is 1.32. The summed E-state index contributed by atoms with van der Waals surface area (Å²) in [5.41, 5.74) is 7.31. The lowest BCUT2D eigenvalue weighted by Crippen LogP contribution is -2.30. The van der Waals surface area contributed by atoms with E-state index in [0.29, 0.717) is 0 Å². The van der Waals surface area contributed by atoms with Crippen LogP contribution >= 0.6 is 0 Å². The van der Waals surface area contributed by atoms with Crippen molar-refractivity contribution in [3.05, 3.63) is 10.4 Å². The number of hydrogen-bond donors (Lipinski definition) is 1. The van der Waals surface area contributed by atoms with Gasteiger partial charge in [0.2, 0.25) is 0 Å². The fraction of sp³-hybridized carbons (Fsp3) is 1.00. The molecule has 0 unspecified atom stereocenters. The van der Waals surface area contributed by atoms with Gasteiger partial charge in [0.05, 0.1) is 11.6 Å². The molecule has 4 nitrogen and oxygen atoms in total. The van der Waals surface area contributed by atoms with Gasteiger partial charge in [0.1, 0.15) is 0 Å². The van der Waals surface area contributed by atoms with Gasteiger partial charge in [-0.15, -0.1) is 0 Å². The molecule has 0 aliphatic rings. The number of aliphatic hydroxyl groups is 1. The molecule has 0 saturated heterocycles. The maximum absolute atomic E-state index is 8.95. The number of hydrogen-bond acceptors (Lipinski definition) is 2. The number of rotatable bonds is 2. The van der Waals surface area contributed by atoms with Crippen LogP contribution in [-0.4, -0.2) is 16.7 Å². The number of nitrogens with zero attached hydrogens (tertiary/aromatic N) is 3. The van der Waals surface area contributed by atoms with Crippen LogP contribution in [-0.2, 0) is 0 Å². The highest BCUT2D eigenvalue weighted by molar-refractivity contribution is 4.82. The molecule has 0 radical (unpaired) electrons. The minimum atomic E-state index is -0.686. The minimum Gasteiger partial charge on any atom is -0.393 e. The molecule has 52 valence electrons. The van der Waals surface area contributed by atoms with Gasteiger partial charge in [-0.2, -0.15) is 0 Å². The first kappa shape index (κ1) is 8.27. The average Bonchev–Trinajstić information content (AvgIpc) is 1.65. The first-order valence-electron chi connectivity index (χ1n) is 2.75. The van der Waals surface area contributed by atoms with Crippen LogP contribution in [0.3, 0.4) is 0 Å². The molecular formula is C5H11N3O. The molecular weight excluding hydrogens is 118 g/mol. The highest BCUT2D eigenvalue weighted by atomic mass is 16.3. The van der Waals surface area contributed by atoms with E-state index in [-0.39, 0.29) is 0 Å². The van der Waals surface area contributed by atoms with Crippen LogP contribution in [0, 0.1) is 0 Å². The molecule has 0 aromatic rings. The third kappa shape index (κ3) is 2.35. The van der Waals surface area contributed by atoms with Gasteiger partial charge in [0.25, 0.3) is 0 Å². The molecule has 9 heavy (non-hydrogen) atoms. The molecule has 0 rings (SSSR count). The molecule has 1 N–H and O–H groups in total. The van der Waals surface area contributed by atoms with Crippen molar-refractivity contribution < 1.29 is 5.11 Å². The second-order valence-electron chi connectivity index (χ2n) is 2.52. The summed E-state index contributed by atoms with van der Waals surface area (Å²) in [5.74, 6) is 0. The van der Waals surface area contributed by atoms with Gasteiger partial charge >= 0.3 is 0 Å². The van der Waals surface area contributed by atoms with Crippen LogP contribution in [0.5, 0.6) is 0 Å². The molecule has 0 bridgehead atoms. The maximum atomic E-state index is 8.95. The van der Waals surface area contributed by atoms with Crippen molar-refractivity contribution in [3.8, 4) is 0 Å². The van der Waals surface area contributed by atoms with Gasteiger partial charge in [-0.3, -0.25) is 0 Å². The standard InChI is InChI=1S/C5H11N3O/c1-4(9)5(2,3)7-8-6/h4,9H,1-3H3/t4-/m1/s1. The van der Waals surface area contributed by atoms with Gasteiger partial charge in [-0.1, -0.05) is 19.0 Å². The van der Waals surface area contributed by atoms with Crippen molar-refractivity contribution in [1.29, 1.82) is 0 Å². The van der Waals surface area contributed by atoms with E-state index in [1.807, 2.05) is 0 Å². The summed E-state index contributed by atoms with van der Waals surface area (Å²) in [6.45, 7) is 4.95. The Morgan fingerprint density at radius 3 is 2.22 bits per heavy atom. The molecule has 0 fully saturated rings. The molecule has 0 aliphatic heterocycles. The SMILES string of the molecule is C[C@@H](O)C(C)(C)N=[N+]=[N-]. The molecule has 0 heterocycles. The van der Waals surface area contributed by atoms with Crippen LogP contribution in [0.4, 0.5) is 0 Å². The molecule has 0 spiro atoms. The normalized spacial score (nSPS) is 14.2. The molecule has 0 aromatic carbocycles. The Morgan fingerprint density at radius 2 is 2.11 bits per heavy atom. The fourth-order valence-corrected chi connectivity index (χ4v) is 0.199. The summed E-state index contributed by atoms with van der Waals surface area (Å²) in [6.07, 6.45) is -0.603. The predicted molar refractivity (Wildman–Crippen MR) is 34.9 cm³/mol. The van der Waals surface area contributed by atoms with Crippen LogP contribution < -0.4 is 0 Å². The summed E-state index contributed by atoms with van der Waals surface area (Å²) >= 11 is 0. The van der Waals surface area contributed by atoms with Gasteiger partial charge in [-0.05, 0) is 12.5 Å². The highest BCUT2D eigenvalue weighted by Crippen LogP contribution is 2.13. The zero-order valence-corrected chi connectivity index (χ0v) is 5.87. The van der Waals surface area contributed by atoms with Crippen LogP contribution in [0.15, 0.2) is 5.11 Å². The van der Waals surface area contributed by atoms with Crippen molar-refractivity contribution in [2.24, 2.45) is 5.11 Å². The van der Waals surface area contributed by atoms with E-state index >= 15 is 0 Å². The van der Waals surface area contributed by atoms with Crippen molar-refractivity contribution in [3.63, 3.8) is 0 Å². The molecule has 0 saturated carbocycles. The van der Waals surface area contributed by atoms with Crippen molar-refractivity contribution in [2.45, 2.75) is 32.4 Å². The molecule has 0 amide bonds. The fourth-order valence-electron chi connectivity index (χ4n) is 0.199. The quantitative estimate of drug-likeness (QED) is 0.342. The minimum absolute atomic E-state index is 0.603. The second kappa shape index (κ2) is 2.71. The molecule has 0 aliphatic carbocycles. The molecule has 0 aromatic heterocycles. The zero-order chi connectivity index (χ0) is 7.49. The van der Waals surface area contributed by atoms with Crippen LogP contribution in [0.1, 0.15) is 20.8 Å². The van der Waals surface area contributed by atoms with E-state index in [2.05, 4.69) is 10.0 Å².